The summed E-state index contributed by atoms with van der Waals surface area (Å²) in [5.41, 5.74) is 6.08. The molecule has 3 heteroatoms. The van der Waals surface area contributed by atoms with E-state index in [1.54, 1.807) is 12.1 Å². The highest BCUT2D eigenvalue weighted by atomic mass is 16.5. The topological polar surface area (TPSA) is 55.5 Å². The van der Waals surface area contributed by atoms with Gasteiger partial charge in [0.1, 0.15) is 0 Å². The van der Waals surface area contributed by atoms with Gasteiger partial charge in [0.05, 0.1) is 6.61 Å². The van der Waals surface area contributed by atoms with Gasteiger partial charge in [-0.3, -0.25) is 0 Å². The van der Waals surface area contributed by atoms with Crippen LogP contribution in [0.5, 0.6) is 11.5 Å². The Morgan fingerprint density at radius 1 is 1.31 bits per heavy atom. The van der Waals surface area contributed by atoms with E-state index in [9.17, 15) is 5.11 Å². The second-order valence-electron chi connectivity index (χ2n) is 4.05. The van der Waals surface area contributed by atoms with E-state index in [1.165, 1.54) is 18.9 Å². The Kier molecular flexibility index (Phi) is 4.96. The molecule has 0 aromatic heterocycles. The summed E-state index contributed by atoms with van der Waals surface area (Å²) in [6, 6.07) is 4.94. The lowest BCUT2D eigenvalue weighted by Crippen LogP contribution is -2.05. The van der Waals surface area contributed by atoms with E-state index in [0.29, 0.717) is 24.0 Å². The van der Waals surface area contributed by atoms with Gasteiger partial charge in [-0.15, -0.1) is 0 Å². The van der Waals surface area contributed by atoms with E-state index in [0.717, 1.165) is 6.42 Å². The Bertz CT molecular complexity index is 322. The van der Waals surface area contributed by atoms with Gasteiger partial charge in [-0.05, 0) is 24.5 Å². The van der Waals surface area contributed by atoms with Gasteiger partial charge in [-0.1, -0.05) is 26.7 Å². The van der Waals surface area contributed by atoms with Crippen LogP contribution in [0.4, 0.5) is 5.69 Å². The van der Waals surface area contributed by atoms with Gasteiger partial charge < -0.3 is 15.6 Å². The molecular weight excluding hydrogens is 202 g/mol. The van der Waals surface area contributed by atoms with Gasteiger partial charge in [0.2, 0.25) is 0 Å². The third-order valence-electron chi connectivity index (χ3n) is 2.92. The standard InChI is InChI=1S/C13H21NO2/c1-3-10(4-2)7-8-16-13-6-5-11(14)9-12(13)15/h5-6,9-10,15H,3-4,7-8,14H2,1-2H3. The highest BCUT2D eigenvalue weighted by Gasteiger charge is 2.06. The Balaban J connectivity index is 2.42. The third-order valence-corrected chi connectivity index (χ3v) is 2.92. The first-order valence-corrected chi connectivity index (χ1v) is 5.88. The Morgan fingerprint density at radius 2 is 2.00 bits per heavy atom. The minimum Gasteiger partial charge on any atom is -0.504 e. The lowest BCUT2D eigenvalue weighted by molar-refractivity contribution is 0.261. The van der Waals surface area contributed by atoms with Crippen molar-refractivity contribution in [2.24, 2.45) is 5.92 Å². The van der Waals surface area contributed by atoms with Crippen molar-refractivity contribution in [3.63, 3.8) is 0 Å². The number of phenolic OH excluding ortho intramolecular Hbond substituents is 1. The molecule has 1 aromatic rings. The van der Waals surface area contributed by atoms with Crippen molar-refractivity contribution < 1.29 is 9.84 Å². The van der Waals surface area contributed by atoms with Gasteiger partial charge in [-0.25, -0.2) is 0 Å². The van der Waals surface area contributed by atoms with Crippen LogP contribution in [0, 0.1) is 5.92 Å². The van der Waals surface area contributed by atoms with Gasteiger partial charge in [-0.2, -0.15) is 0 Å². The van der Waals surface area contributed by atoms with E-state index >= 15 is 0 Å². The fourth-order valence-electron chi connectivity index (χ4n) is 1.69. The van der Waals surface area contributed by atoms with Crippen molar-refractivity contribution in [3.05, 3.63) is 18.2 Å². The number of ether oxygens (including phenoxy) is 1. The molecule has 0 bridgehead atoms. The zero-order chi connectivity index (χ0) is 12.0. The molecular formula is C13H21NO2. The molecule has 0 atom stereocenters. The second kappa shape index (κ2) is 6.26. The molecule has 3 N–H and O–H groups in total. The van der Waals surface area contributed by atoms with Crippen LogP contribution in [-0.2, 0) is 0 Å². The summed E-state index contributed by atoms with van der Waals surface area (Å²) < 4.78 is 5.52. The Labute approximate surface area is 97.2 Å². The molecule has 0 heterocycles. The summed E-state index contributed by atoms with van der Waals surface area (Å²) in [7, 11) is 0. The SMILES string of the molecule is CCC(CC)CCOc1ccc(N)cc1O. The fraction of sp³-hybridized carbons (Fsp3) is 0.538. The molecule has 0 aliphatic rings. The first-order valence-electron chi connectivity index (χ1n) is 5.88. The van der Waals surface area contributed by atoms with Gasteiger partial charge >= 0.3 is 0 Å². The number of anilines is 1. The first-order chi connectivity index (χ1) is 7.67. The van der Waals surface area contributed by atoms with Crippen molar-refractivity contribution in [2.45, 2.75) is 33.1 Å². The van der Waals surface area contributed by atoms with E-state index in [2.05, 4.69) is 13.8 Å². The maximum Gasteiger partial charge on any atom is 0.161 e. The molecule has 1 rings (SSSR count). The van der Waals surface area contributed by atoms with Crippen molar-refractivity contribution in [1.29, 1.82) is 0 Å². The molecule has 0 aliphatic heterocycles. The number of aromatic hydroxyl groups is 1. The van der Waals surface area contributed by atoms with Crippen LogP contribution in [0.3, 0.4) is 0 Å². The largest absolute Gasteiger partial charge is 0.504 e. The minimum atomic E-state index is 0.115. The fourth-order valence-corrected chi connectivity index (χ4v) is 1.69. The molecule has 3 nitrogen and oxygen atoms in total. The van der Waals surface area contributed by atoms with Crippen molar-refractivity contribution in [1.82, 2.24) is 0 Å². The molecule has 90 valence electrons. The maximum atomic E-state index is 9.57. The minimum absolute atomic E-state index is 0.115. The summed E-state index contributed by atoms with van der Waals surface area (Å²) >= 11 is 0. The molecule has 0 saturated carbocycles. The number of phenols is 1. The third kappa shape index (κ3) is 3.65. The highest BCUT2D eigenvalue weighted by molar-refractivity contribution is 5.51. The number of benzene rings is 1. The molecule has 0 spiro atoms. The van der Waals surface area contributed by atoms with Crippen LogP contribution < -0.4 is 10.5 Å². The van der Waals surface area contributed by atoms with Crippen LogP contribution in [-0.4, -0.2) is 11.7 Å². The van der Waals surface area contributed by atoms with Crippen molar-refractivity contribution in [2.75, 3.05) is 12.3 Å². The zero-order valence-electron chi connectivity index (χ0n) is 10.1. The maximum absolute atomic E-state index is 9.57. The van der Waals surface area contributed by atoms with E-state index in [4.69, 9.17) is 10.5 Å². The van der Waals surface area contributed by atoms with Crippen molar-refractivity contribution >= 4 is 5.69 Å². The average molecular weight is 223 g/mol. The normalized spacial score (nSPS) is 10.7. The summed E-state index contributed by atoms with van der Waals surface area (Å²) in [4.78, 5) is 0. The number of rotatable bonds is 6. The van der Waals surface area contributed by atoms with Gasteiger partial charge in [0.25, 0.3) is 0 Å². The average Bonchev–Trinajstić information content (AvgIpc) is 2.27. The van der Waals surface area contributed by atoms with Crippen LogP contribution >= 0.6 is 0 Å². The number of hydrogen-bond donors (Lipinski definition) is 2. The van der Waals surface area contributed by atoms with Gasteiger partial charge in [0, 0.05) is 11.8 Å². The second-order valence-corrected chi connectivity index (χ2v) is 4.05. The number of hydrogen-bond acceptors (Lipinski definition) is 3. The van der Waals surface area contributed by atoms with Crippen LogP contribution in [0.2, 0.25) is 0 Å². The molecule has 0 amide bonds. The lowest BCUT2D eigenvalue weighted by Gasteiger charge is -2.13. The smallest absolute Gasteiger partial charge is 0.161 e. The Morgan fingerprint density at radius 3 is 2.56 bits per heavy atom. The summed E-state index contributed by atoms with van der Waals surface area (Å²) in [6.07, 6.45) is 3.37. The highest BCUT2D eigenvalue weighted by Crippen LogP contribution is 2.28. The number of nitrogen functional groups attached to an aromatic ring is 1. The lowest BCUT2D eigenvalue weighted by atomic mass is 10.0. The molecule has 0 aliphatic carbocycles. The van der Waals surface area contributed by atoms with Crippen LogP contribution in [0.1, 0.15) is 33.1 Å². The van der Waals surface area contributed by atoms with Crippen LogP contribution in [0.15, 0.2) is 18.2 Å². The van der Waals surface area contributed by atoms with Crippen LogP contribution in [0.25, 0.3) is 0 Å². The zero-order valence-corrected chi connectivity index (χ0v) is 10.1. The van der Waals surface area contributed by atoms with Crippen molar-refractivity contribution in [3.8, 4) is 11.5 Å². The molecule has 1 aromatic carbocycles. The first kappa shape index (κ1) is 12.7. The van der Waals surface area contributed by atoms with E-state index < -0.39 is 0 Å². The number of nitrogens with two attached hydrogens (primary N) is 1. The summed E-state index contributed by atoms with van der Waals surface area (Å²) in [5, 5.41) is 9.57. The monoisotopic (exact) mass is 223 g/mol. The molecule has 16 heavy (non-hydrogen) atoms. The molecule has 0 unspecified atom stereocenters. The Hall–Kier alpha value is -1.38. The quantitative estimate of drug-likeness (QED) is 0.728. The molecule has 0 fully saturated rings. The van der Waals surface area contributed by atoms with E-state index in [1.807, 2.05) is 0 Å². The molecule has 0 saturated heterocycles. The predicted molar refractivity (Wildman–Crippen MR) is 66.7 cm³/mol. The molecule has 0 radical (unpaired) electrons. The van der Waals surface area contributed by atoms with E-state index in [-0.39, 0.29) is 5.75 Å². The summed E-state index contributed by atoms with van der Waals surface area (Å²) in [5.74, 6) is 1.33. The predicted octanol–water partition coefficient (Wildman–Crippen LogP) is 3.18. The summed E-state index contributed by atoms with van der Waals surface area (Å²) in [6.45, 7) is 5.02. The van der Waals surface area contributed by atoms with Gasteiger partial charge in [0.15, 0.2) is 11.5 Å².